The Labute approximate surface area is 99.5 Å². The molecule has 0 saturated heterocycles. The van der Waals surface area contributed by atoms with E-state index in [1.807, 2.05) is 24.3 Å². The fraction of sp³-hybridized carbons (Fsp3) is 0.143. The number of phenols is 1. The van der Waals surface area contributed by atoms with Gasteiger partial charge in [-0.05, 0) is 36.2 Å². The van der Waals surface area contributed by atoms with Gasteiger partial charge in [-0.15, -0.1) is 0 Å². The van der Waals surface area contributed by atoms with Crippen molar-refractivity contribution in [1.29, 1.82) is 0 Å². The lowest BCUT2D eigenvalue weighted by Crippen LogP contribution is -2.02. The van der Waals surface area contributed by atoms with Gasteiger partial charge in [-0.2, -0.15) is 0 Å². The number of benzene rings is 2. The monoisotopic (exact) mass is 231 g/mol. The van der Waals surface area contributed by atoms with E-state index >= 15 is 0 Å². The van der Waals surface area contributed by atoms with Crippen LogP contribution in [0.3, 0.4) is 0 Å². The van der Waals surface area contributed by atoms with Crippen LogP contribution in [0.25, 0.3) is 11.1 Å². The smallest absolute Gasteiger partial charge is 0.134 e. The van der Waals surface area contributed by atoms with Gasteiger partial charge in [0.15, 0.2) is 0 Å². The molecule has 2 aromatic rings. The molecule has 3 heteroatoms. The first-order valence-electron chi connectivity index (χ1n) is 5.48. The Balaban J connectivity index is 2.42. The number of hydrogen-bond donors (Lipinski definition) is 2. The third-order valence-electron chi connectivity index (χ3n) is 2.62. The van der Waals surface area contributed by atoms with Crippen molar-refractivity contribution in [3.05, 3.63) is 53.8 Å². The number of nitrogens with two attached hydrogens (primary N) is 1. The normalized spacial score (nSPS) is 10.5. The van der Waals surface area contributed by atoms with Crippen LogP contribution in [0, 0.1) is 5.82 Å². The van der Waals surface area contributed by atoms with E-state index in [4.69, 9.17) is 10.8 Å². The molecule has 3 N–H and O–H groups in total. The lowest BCUT2D eigenvalue weighted by molar-refractivity contribution is 0.469. The van der Waals surface area contributed by atoms with Crippen molar-refractivity contribution in [2.75, 3.05) is 6.54 Å². The number of aromatic hydroxyl groups is 1. The molecule has 0 unspecified atom stereocenters. The van der Waals surface area contributed by atoms with Crippen LogP contribution in [-0.2, 0) is 6.42 Å². The molecule has 0 bridgehead atoms. The lowest BCUT2D eigenvalue weighted by Gasteiger charge is -2.06. The van der Waals surface area contributed by atoms with E-state index in [1.165, 1.54) is 6.07 Å². The summed E-state index contributed by atoms with van der Waals surface area (Å²) in [7, 11) is 0. The van der Waals surface area contributed by atoms with Gasteiger partial charge >= 0.3 is 0 Å². The first-order chi connectivity index (χ1) is 8.20. The summed E-state index contributed by atoms with van der Waals surface area (Å²) in [6.07, 6.45) is 0.771. The number of rotatable bonds is 3. The molecule has 0 aliphatic rings. The maximum atomic E-state index is 13.7. The van der Waals surface area contributed by atoms with Crippen LogP contribution >= 0.6 is 0 Å². The molecule has 17 heavy (non-hydrogen) atoms. The van der Waals surface area contributed by atoms with Crippen molar-refractivity contribution < 1.29 is 9.50 Å². The molecule has 0 aliphatic heterocycles. The molecule has 0 atom stereocenters. The third kappa shape index (κ3) is 2.63. The Hall–Kier alpha value is -1.87. The zero-order valence-electron chi connectivity index (χ0n) is 9.36. The Kier molecular flexibility index (Phi) is 3.40. The van der Waals surface area contributed by atoms with E-state index in [1.54, 1.807) is 6.07 Å². The number of halogens is 1. The first-order valence-corrected chi connectivity index (χ1v) is 5.48. The summed E-state index contributed by atoms with van der Waals surface area (Å²) in [6.45, 7) is 0.571. The molecule has 2 nitrogen and oxygen atoms in total. The van der Waals surface area contributed by atoms with Crippen molar-refractivity contribution in [3.63, 3.8) is 0 Å². The fourth-order valence-corrected chi connectivity index (χ4v) is 1.80. The minimum Gasteiger partial charge on any atom is -0.508 e. The Morgan fingerprint density at radius 3 is 2.65 bits per heavy atom. The molecule has 0 heterocycles. The average Bonchev–Trinajstić information content (AvgIpc) is 2.29. The molecule has 0 amide bonds. The molecule has 0 aromatic heterocycles. The maximum absolute atomic E-state index is 13.7. The van der Waals surface area contributed by atoms with Crippen LogP contribution in [0.5, 0.6) is 5.75 Å². The van der Waals surface area contributed by atoms with Crippen molar-refractivity contribution in [2.45, 2.75) is 6.42 Å². The topological polar surface area (TPSA) is 46.2 Å². The van der Waals surface area contributed by atoms with Crippen molar-refractivity contribution in [1.82, 2.24) is 0 Å². The van der Waals surface area contributed by atoms with Crippen LogP contribution in [0.1, 0.15) is 5.56 Å². The minimum absolute atomic E-state index is 0.0654. The molecule has 0 aliphatic carbocycles. The SMILES string of the molecule is NCCc1cccc(-c2ccc(O)cc2F)c1. The molecule has 88 valence electrons. The molecule has 2 aromatic carbocycles. The molecular formula is C14H14FNO. The van der Waals surface area contributed by atoms with E-state index in [2.05, 4.69) is 0 Å². The minimum atomic E-state index is -0.421. The van der Waals surface area contributed by atoms with Gasteiger partial charge in [0, 0.05) is 11.6 Å². The lowest BCUT2D eigenvalue weighted by atomic mass is 10.0. The first kappa shape index (κ1) is 11.6. The summed E-state index contributed by atoms with van der Waals surface area (Å²) < 4.78 is 13.7. The van der Waals surface area contributed by atoms with Crippen LogP contribution < -0.4 is 5.73 Å². The Morgan fingerprint density at radius 1 is 1.12 bits per heavy atom. The maximum Gasteiger partial charge on any atom is 0.134 e. The predicted molar refractivity (Wildman–Crippen MR) is 66.3 cm³/mol. The van der Waals surface area contributed by atoms with Gasteiger partial charge in [-0.3, -0.25) is 0 Å². The van der Waals surface area contributed by atoms with E-state index in [-0.39, 0.29) is 5.75 Å². The largest absolute Gasteiger partial charge is 0.508 e. The van der Waals surface area contributed by atoms with E-state index < -0.39 is 5.82 Å². The highest BCUT2D eigenvalue weighted by Crippen LogP contribution is 2.26. The molecule has 0 saturated carbocycles. The number of hydrogen-bond acceptors (Lipinski definition) is 2. The van der Waals surface area contributed by atoms with Crippen LogP contribution in [0.15, 0.2) is 42.5 Å². The second-order valence-electron chi connectivity index (χ2n) is 3.90. The van der Waals surface area contributed by atoms with E-state index in [0.717, 1.165) is 23.6 Å². The predicted octanol–water partition coefficient (Wildman–Crippen LogP) is 2.70. The van der Waals surface area contributed by atoms with Gasteiger partial charge in [0.05, 0.1) is 0 Å². The van der Waals surface area contributed by atoms with Gasteiger partial charge in [0.1, 0.15) is 11.6 Å². The van der Waals surface area contributed by atoms with E-state index in [9.17, 15) is 4.39 Å². The quantitative estimate of drug-likeness (QED) is 0.853. The van der Waals surface area contributed by atoms with Gasteiger partial charge in [0.2, 0.25) is 0 Å². The zero-order chi connectivity index (χ0) is 12.3. The molecule has 0 radical (unpaired) electrons. The summed E-state index contributed by atoms with van der Waals surface area (Å²) in [6, 6.07) is 11.8. The average molecular weight is 231 g/mol. The Morgan fingerprint density at radius 2 is 1.94 bits per heavy atom. The highest BCUT2D eigenvalue weighted by atomic mass is 19.1. The molecular weight excluding hydrogens is 217 g/mol. The standard InChI is InChI=1S/C14H14FNO/c15-14-9-12(17)4-5-13(14)11-3-1-2-10(8-11)6-7-16/h1-5,8-9,17H,6-7,16H2. The van der Waals surface area contributed by atoms with Gasteiger partial charge in [-0.1, -0.05) is 24.3 Å². The van der Waals surface area contributed by atoms with E-state index in [0.29, 0.717) is 12.1 Å². The zero-order valence-corrected chi connectivity index (χ0v) is 9.36. The van der Waals surface area contributed by atoms with Crippen molar-refractivity contribution in [2.24, 2.45) is 5.73 Å². The Bertz CT molecular complexity index is 525. The highest BCUT2D eigenvalue weighted by Gasteiger charge is 2.06. The van der Waals surface area contributed by atoms with Crippen molar-refractivity contribution in [3.8, 4) is 16.9 Å². The highest BCUT2D eigenvalue weighted by molar-refractivity contribution is 5.65. The summed E-state index contributed by atoms with van der Waals surface area (Å²) in [4.78, 5) is 0. The fourth-order valence-electron chi connectivity index (χ4n) is 1.80. The molecule has 2 rings (SSSR count). The molecule has 0 spiro atoms. The summed E-state index contributed by atoms with van der Waals surface area (Å²) in [5.41, 5.74) is 7.86. The van der Waals surface area contributed by atoms with Gasteiger partial charge in [0.25, 0.3) is 0 Å². The second kappa shape index (κ2) is 4.97. The summed E-state index contributed by atoms with van der Waals surface area (Å²) in [5, 5.41) is 9.17. The summed E-state index contributed by atoms with van der Waals surface area (Å²) in [5.74, 6) is -0.487. The number of phenolic OH excluding ortho intramolecular Hbond substituents is 1. The van der Waals surface area contributed by atoms with Crippen LogP contribution in [0.4, 0.5) is 4.39 Å². The van der Waals surface area contributed by atoms with Crippen molar-refractivity contribution >= 4 is 0 Å². The van der Waals surface area contributed by atoms with Gasteiger partial charge < -0.3 is 10.8 Å². The van der Waals surface area contributed by atoms with Crippen LogP contribution in [-0.4, -0.2) is 11.7 Å². The van der Waals surface area contributed by atoms with Gasteiger partial charge in [-0.25, -0.2) is 4.39 Å². The molecule has 0 fully saturated rings. The van der Waals surface area contributed by atoms with Crippen LogP contribution in [0.2, 0.25) is 0 Å². The third-order valence-corrected chi connectivity index (χ3v) is 2.62. The summed E-state index contributed by atoms with van der Waals surface area (Å²) >= 11 is 0. The second-order valence-corrected chi connectivity index (χ2v) is 3.90.